The number of hydrogen-bond acceptors (Lipinski definition) is 5. The van der Waals surface area contributed by atoms with Gasteiger partial charge in [0.1, 0.15) is 6.04 Å². The van der Waals surface area contributed by atoms with E-state index >= 15 is 0 Å². The Kier molecular flexibility index (Phi) is 5.38. The molecule has 0 aromatic heterocycles. The number of rotatable bonds is 5. The molecule has 1 aromatic rings. The first-order chi connectivity index (χ1) is 10.4. The third-order valence-electron chi connectivity index (χ3n) is 2.71. The van der Waals surface area contributed by atoms with Gasteiger partial charge in [0.15, 0.2) is 0 Å². The summed E-state index contributed by atoms with van der Waals surface area (Å²) in [4.78, 5) is 21.2. The molecule has 11 heteroatoms. The van der Waals surface area contributed by atoms with E-state index in [4.69, 9.17) is 5.11 Å². The Balaban J connectivity index is 3.51. The first-order valence-electron chi connectivity index (χ1n) is 5.95. The lowest BCUT2D eigenvalue weighted by Crippen LogP contribution is -2.39. The van der Waals surface area contributed by atoms with Crippen molar-refractivity contribution < 1.29 is 41.0 Å². The second-order valence-corrected chi connectivity index (χ2v) is 6.06. The molecule has 0 aliphatic heterocycles. The monoisotopic (exact) mass is 355 g/mol. The zero-order valence-corrected chi connectivity index (χ0v) is 12.7. The van der Waals surface area contributed by atoms with Crippen LogP contribution in [0, 0.1) is 0 Å². The molecule has 23 heavy (non-hydrogen) atoms. The van der Waals surface area contributed by atoms with Gasteiger partial charge in [0.05, 0.1) is 23.1 Å². The SMILES string of the molecule is COC(=O)c1ccc(C(F)(F)F)cc1S(=O)(=O)N[C@@H](C)C(=O)O. The van der Waals surface area contributed by atoms with Crippen molar-refractivity contribution in [1.82, 2.24) is 4.72 Å². The van der Waals surface area contributed by atoms with Gasteiger partial charge in [-0.3, -0.25) is 4.79 Å². The number of halogens is 3. The van der Waals surface area contributed by atoms with Gasteiger partial charge in [0, 0.05) is 0 Å². The Morgan fingerprint density at radius 2 is 1.87 bits per heavy atom. The number of sulfonamides is 1. The number of nitrogens with one attached hydrogen (secondary N) is 1. The van der Waals surface area contributed by atoms with E-state index in [1.54, 1.807) is 4.72 Å². The van der Waals surface area contributed by atoms with Crippen molar-refractivity contribution >= 4 is 22.0 Å². The molecule has 2 N–H and O–H groups in total. The highest BCUT2D eigenvalue weighted by Crippen LogP contribution is 2.32. The van der Waals surface area contributed by atoms with Gasteiger partial charge in [0.25, 0.3) is 0 Å². The molecule has 0 radical (unpaired) electrons. The Hall–Kier alpha value is -2.14. The number of hydrogen-bond donors (Lipinski definition) is 2. The van der Waals surface area contributed by atoms with Crippen molar-refractivity contribution in [3.8, 4) is 0 Å². The third-order valence-corrected chi connectivity index (χ3v) is 4.29. The van der Waals surface area contributed by atoms with E-state index in [1.807, 2.05) is 0 Å². The first-order valence-corrected chi connectivity index (χ1v) is 7.43. The molecule has 0 bridgehead atoms. The number of esters is 1. The fraction of sp³-hybridized carbons (Fsp3) is 0.333. The minimum Gasteiger partial charge on any atom is -0.480 e. The normalized spacial score (nSPS) is 13.4. The highest BCUT2D eigenvalue weighted by molar-refractivity contribution is 7.89. The van der Waals surface area contributed by atoms with Gasteiger partial charge >= 0.3 is 18.1 Å². The van der Waals surface area contributed by atoms with Crippen LogP contribution in [0.25, 0.3) is 0 Å². The van der Waals surface area contributed by atoms with Crippen LogP contribution in [0.15, 0.2) is 23.1 Å². The standard InChI is InChI=1S/C12H12F3NO6S/c1-6(10(17)18)16-23(20,21)9-5-7(12(13,14)15)3-4-8(9)11(19)22-2/h3-6,16H,1-2H3,(H,17,18)/t6-/m0/s1. The van der Waals surface area contributed by atoms with Crippen molar-refractivity contribution in [2.75, 3.05) is 7.11 Å². The predicted octanol–water partition coefficient (Wildman–Crippen LogP) is 1.24. The largest absolute Gasteiger partial charge is 0.480 e. The highest BCUT2D eigenvalue weighted by Gasteiger charge is 2.34. The quantitative estimate of drug-likeness (QED) is 0.769. The van der Waals surface area contributed by atoms with Crippen LogP contribution < -0.4 is 4.72 Å². The second kappa shape index (κ2) is 6.54. The molecule has 0 heterocycles. The van der Waals surface area contributed by atoms with E-state index < -0.39 is 50.2 Å². The van der Waals surface area contributed by atoms with Crippen LogP contribution in [0.1, 0.15) is 22.8 Å². The summed E-state index contributed by atoms with van der Waals surface area (Å²) in [6, 6.07) is -0.205. The first kappa shape index (κ1) is 18.9. The minimum absolute atomic E-state index is 0.239. The molecule has 0 amide bonds. The van der Waals surface area contributed by atoms with Crippen molar-refractivity contribution in [2.24, 2.45) is 0 Å². The Labute approximate surface area is 129 Å². The molecule has 1 atom stereocenters. The summed E-state index contributed by atoms with van der Waals surface area (Å²) in [5, 5.41) is 8.70. The van der Waals surface area contributed by atoms with Gasteiger partial charge in [-0.15, -0.1) is 0 Å². The predicted molar refractivity (Wildman–Crippen MR) is 70.2 cm³/mol. The Morgan fingerprint density at radius 3 is 2.30 bits per heavy atom. The van der Waals surface area contributed by atoms with Crippen LogP contribution in [0.4, 0.5) is 13.2 Å². The molecule has 128 valence electrons. The van der Waals surface area contributed by atoms with Crippen LogP contribution in [-0.2, 0) is 25.7 Å². The van der Waals surface area contributed by atoms with Gasteiger partial charge in [-0.2, -0.15) is 17.9 Å². The van der Waals surface area contributed by atoms with E-state index in [9.17, 15) is 31.2 Å². The summed E-state index contributed by atoms with van der Waals surface area (Å²) in [7, 11) is -3.78. The molecule has 0 aliphatic rings. The molecule has 0 aliphatic carbocycles. The molecule has 0 unspecified atom stereocenters. The summed E-state index contributed by atoms with van der Waals surface area (Å²) in [6.45, 7) is 0.977. The number of aliphatic carboxylic acids is 1. The molecule has 0 saturated carbocycles. The average molecular weight is 355 g/mol. The lowest BCUT2D eigenvalue weighted by atomic mass is 10.1. The molecule has 0 spiro atoms. The summed E-state index contributed by atoms with van der Waals surface area (Å²) >= 11 is 0. The fourth-order valence-electron chi connectivity index (χ4n) is 1.55. The summed E-state index contributed by atoms with van der Waals surface area (Å²) in [6.07, 6.45) is -4.85. The van der Waals surface area contributed by atoms with Gasteiger partial charge < -0.3 is 9.84 Å². The highest BCUT2D eigenvalue weighted by atomic mass is 32.2. The number of carboxylic acids is 1. The number of carboxylic acid groups (broad SMARTS) is 1. The minimum atomic E-state index is -4.85. The van der Waals surface area contributed by atoms with E-state index in [-0.39, 0.29) is 6.07 Å². The maximum Gasteiger partial charge on any atom is 0.416 e. The molecular formula is C12H12F3NO6S. The number of alkyl halides is 3. The van der Waals surface area contributed by atoms with Crippen LogP contribution >= 0.6 is 0 Å². The maximum atomic E-state index is 12.7. The Morgan fingerprint density at radius 1 is 1.30 bits per heavy atom. The number of methoxy groups -OCH3 is 1. The molecule has 0 saturated heterocycles. The number of carbonyl (C=O) groups is 2. The number of benzene rings is 1. The van der Waals surface area contributed by atoms with Gasteiger partial charge in [-0.1, -0.05) is 0 Å². The smallest absolute Gasteiger partial charge is 0.416 e. The van der Waals surface area contributed by atoms with E-state index in [1.165, 1.54) is 0 Å². The summed E-state index contributed by atoms with van der Waals surface area (Å²) < 4.78 is 68.4. The molecule has 1 rings (SSSR count). The van der Waals surface area contributed by atoms with Crippen molar-refractivity contribution in [2.45, 2.75) is 24.0 Å². The molecule has 7 nitrogen and oxygen atoms in total. The van der Waals surface area contributed by atoms with E-state index in [2.05, 4.69) is 4.74 Å². The third kappa shape index (κ3) is 4.42. The van der Waals surface area contributed by atoms with Crippen molar-refractivity contribution in [1.29, 1.82) is 0 Å². The lowest BCUT2D eigenvalue weighted by molar-refractivity contribution is -0.139. The zero-order chi connectivity index (χ0) is 18.0. The van der Waals surface area contributed by atoms with E-state index in [0.717, 1.165) is 14.0 Å². The molecule has 1 aromatic carbocycles. The zero-order valence-electron chi connectivity index (χ0n) is 11.8. The summed E-state index contributed by atoms with van der Waals surface area (Å²) in [5.74, 6) is -2.72. The van der Waals surface area contributed by atoms with Gasteiger partial charge in [0.2, 0.25) is 10.0 Å². The van der Waals surface area contributed by atoms with Crippen LogP contribution in [-0.4, -0.2) is 38.6 Å². The van der Waals surface area contributed by atoms with Crippen LogP contribution in [0.5, 0.6) is 0 Å². The summed E-state index contributed by atoms with van der Waals surface area (Å²) in [5.41, 5.74) is -1.96. The molecule has 0 fully saturated rings. The maximum absolute atomic E-state index is 12.7. The second-order valence-electron chi connectivity index (χ2n) is 4.38. The fourth-order valence-corrected chi connectivity index (χ4v) is 2.96. The van der Waals surface area contributed by atoms with Crippen LogP contribution in [0.3, 0.4) is 0 Å². The van der Waals surface area contributed by atoms with E-state index in [0.29, 0.717) is 12.1 Å². The lowest BCUT2D eigenvalue weighted by Gasteiger charge is -2.15. The number of ether oxygens (including phenoxy) is 1. The van der Waals surface area contributed by atoms with Gasteiger partial charge in [-0.05, 0) is 25.1 Å². The number of carbonyl (C=O) groups excluding carboxylic acids is 1. The Bertz CT molecular complexity index is 729. The average Bonchev–Trinajstić information content (AvgIpc) is 2.44. The van der Waals surface area contributed by atoms with Crippen molar-refractivity contribution in [3.05, 3.63) is 29.3 Å². The van der Waals surface area contributed by atoms with Crippen molar-refractivity contribution in [3.63, 3.8) is 0 Å². The molecular weight excluding hydrogens is 343 g/mol. The van der Waals surface area contributed by atoms with Gasteiger partial charge in [-0.25, -0.2) is 13.2 Å². The topological polar surface area (TPSA) is 110 Å². The van der Waals surface area contributed by atoms with Crippen LogP contribution in [0.2, 0.25) is 0 Å².